The molecule has 0 aliphatic rings. The van der Waals surface area contributed by atoms with Crippen LogP contribution in [0.1, 0.15) is 23.9 Å². The molecule has 0 atom stereocenters. The van der Waals surface area contributed by atoms with Crippen LogP contribution in [0, 0.1) is 13.8 Å². The molecule has 6 heteroatoms. The van der Waals surface area contributed by atoms with Crippen molar-refractivity contribution in [3.8, 4) is 0 Å². The van der Waals surface area contributed by atoms with E-state index in [4.69, 9.17) is 4.42 Å². The van der Waals surface area contributed by atoms with E-state index in [0.29, 0.717) is 5.22 Å². The van der Waals surface area contributed by atoms with Gasteiger partial charge in [-0.25, -0.2) is 15.0 Å². The average Bonchev–Trinajstić information content (AvgIpc) is 2.68. The van der Waals surface area contributed by atoms with Gasteiger partial charge in [0.25, 0.3) is 5.22 Å². The van der Waals surface area contributed by atoms with Gasteiger partial charge in [-0.1, -0.05) is 6.92 Å². The Morgan fingerprint density at radius 2 is 2.11 bits per heavy atom. The van der Waals surface area contributed by atoms with E-state index in [9.17, 15) is 0 Å². The second-order valence-corrected chi connectivity index (χ2v) is 4.77. The normalized spacial score (nSPS) is 10.7. The van der Waals surface area contributed by atoms with Crippen molar-refractivity contribution in [1.82, 2.24) is 15.0 Å². The van der Waals surface area contributed by atoms with Crippen LogP contribution in [0.3, 0.4) is 0 Å². The van der Waals surface area contributed by atoms with Crippen molar-refractivity contribution in [3.63, 3.8) is 0 Å². The molecule has 0 unspecified atom stereocenters. The molecule has 18 heavy (non-hydrogen) atoms. The number of aryl methyl sites for hydroxylation is 2. The molecule has 0 fully saturated rings. The molecule has 1 N–H and O–H groups in total. The largest absolute Gasteiger partial charge is 0.436 e. The molecule has 2 aromatic rings. The SMILES string of the molecule is CCc1c(NC)ncnc1Sc1nc(C)c(C)o1. The maximum absolute atomic E-state index is 5.56. The van der Waals surface area contributed by atoms with E-state index in [1.54, 1.807) is 6.33 Å². The predicted octanol–water partition coefficient (Wildman–Crippen LogP) is 2.84. The first-order chi connectivity index (χ1) is 8.65. The van der Waals surface area contributed by atoms with Crippen molar-refractivity contribution in [2.24, 2.45) is 0 Å². The summed E-state index contributed by atoms with van der Waals surface area (Å²) in [5, 5.41) is 4.59. The monoisotopic (exact) mass is 264 g/mol. The van der Waals surface area contributed by atoms with Gasteiger partial charge in [-0.3, -0.25) is 0 Å². The lowest BCUT2D eigenvalue weighted by Crippen LogP contribution is -2.01. The van der Waals surface area contributed by atoms with Gasteiger partial charge in [0.15, 0.2) is 0 Å². The number of nitrogens with zero attached hydrogens (tertiary/aromatic N) is 3. The van der Waals surface area contributed by atoms with Gasteiger partial charge < -0.3 is 9.73 Å². The van der Waals surface area contributed by atoms with E-state index in [-0.39, 0.29) is 0 Å². The quantitative estimate of drug-likeness (QED) is 0.857. The fourth-order valence-electron chi connectivity index (χ4n) is 1.59. The first kappa shape index (κ1) is 12.9. The zero-order valence-corrected chi connectivity index (χ0v) is 11.8. The highest BCUT2D eigenvalue weighted by Crippen LogP contribution is 2.31. The van der Waals surface area contributed by atoms with Crippen molar-refractivity contribution in [2.75, 3.05) is 12.4 Å². The van der Waals surface area contributed by atoms with Crippen molar-refractivity contribution in [2.45, 2.75) is 37.4 Å². The minimum atomic E-state index is 0.625. The van der Waals surface area contributed by atoms with Crippen molar-refractivity contribution < 1.29 is 4.42 Å². The Kier molecular flexibility index (Phi) is 3.86. The maximum atomic E-state index is 5.56. The van der Waals surface area contributed by atoms with Crippen LogP contribution in [0.5, 0.6) is 0 Å². The molecular formula is C12H16N4OS. The Morgan fingerprint density at radius 3 is 2.67 bits per heavy atom. The van der Waals surface area contributed by atoms with Crippen LogP contribution < -0.4 is 5.32 Å². The van der Waals surface area contributed by atoms with Gasteiger partial charge in [-0.05, 0) is 32.0 Å². The number of anilines is 1. The van der Waals surface area contributed by atoms with E-state index in [1.807, 2.05) is 20.9 Å². The number of hydrogen-bond acceptors (Lipinski definition) is 6. The van der Waals surface area contributed by atoms with Crippen molar-refractivity contribution >= 4 is 17.6 Å². The summed E-state index contributed by atoms with van der Waals surface area (Å²) >= 11 is 1.43. The number of oxazole rings is 1. The van der Waals surface area contributed by atoms with Crippen molar-refractivity contribution in [1.29, 1.82) is 0 Å². The summed E-state index contributed by atoms with van der Waals surface area (Å²) in [5.74, 6) is 1.70. The molecule has 0 aromatic carbocycles. The van der Waals surface area contributed by atoms with Gasteiger partial charge in [0.05, 0.1) is 5.69 Å². The molecule has 0 amide bonds. The molecule has 2 heterocycles. The van der Waals surface area contributed by atoms with Crippen LogP contribution in [-0.2, 0) is 6.42 Å². The van der Waals surface area contributed by atoms with Crippen LogP contribution in [0.2, 0.25) is 0 Å². The lowest BCUT2D eigenvalue weighted by Gasteiger charge is -2.08. The van der Waals surface area contributed by atoms with Crippen molar-refractivity contribution in [3.05, 3.63) is 23.3 Å². The topological polar surface area (TPSA) is 63.8 Å². The van der Waals surface area contributed by atoms with Gasteiger partial charge in [0, 0.05) is 12.6 Å². The Morgan fingerprint density at radius 1 is 1.33 bits per heavy atom. The minimum absolute atomic E-state index is 0.625. The molecule has 2 aromatic heterocycles. The number of nitrogens with one attached hydrogen (secondary N) is 1. The fraction of sp³-hybridized carbons (Fsp3) is 0.417. The average molecular weight is 264 g/mol. The highest BCUT2D eigenvalue weighted by molar-refractivity contribution is 7.99. The van der Waals surface area contributed by atoms with Crippen LogP contribution in [-0.4, -0.2) is 22.0 Å². The zero-order chi connectivity index (χ0) is 13.1. The van der Waals surface area contributed by atoms with Gasteiger partial charge in [0.1, 0.15) is 22.9 Å². The Hall–Kier alpha value is -1.56. The van der Waals surface area contributed by atoms with Crippen LogP contribution >= 0.6 is 11.8 Å². The molecule has 5 nitrogen and oxygen atoms in total. The molecule has 0 aliphatic carbocycles. The third-order valence-electron chi connectivity index (χ3n) is 2.69. The summed E-state index contributed by atoms with van der Waals surface area (Å²) in [7, 11) is 1.86. The van der Waals surface area contributed by atoms with E-state index < -0.39 is 0 Å². The molecule has 96 valence electrons. The van der Waals surface area contributed by atoms with E-state index in [1.165, 1.54) is 11.8 Å². The smallest absolute Gasteiger partial charge is 0.262 e. The second-order valence-electron chi connectivity index (χ2n) is 3.83. The Balaban J connectivity index is 2.33. The first-order valence-electron chi connectivity index (χ1n) is 5.79. The maximum Gasteiger partial charge on any atom is 0.262 e. The highest BCUT2D eigenvalue weighted by atomic mass is 32.2. The molecule has 0 spiro atoms. The highest BCUT2D eigenvalue weighted by Gasteiger charge is 2.14. The molecule has 0 saturated carbocycles. The van der Waals surface area contributed by atoms with Gasteiger partial charge >= 0.3 is 0 Å². The van der Waals surface area contributed by atoms with Crippen LogP contribution in [0.25, 0.3) is 0 Å². The first-order valence-corrected chi connectivity index (χ1v) is 6.60. The Labute approximate surface area is 110 Å². The summed E-state index contributed by atoms with van der Waals surface area (Å²) < 4.78 is 5.56. The number of rotatable bonds is 4. The van der Waals surface area contributed by atoms with E-state index in [0.717, 1.165) is 34.3 Å². The van der Waals surface area contributed by atoms with E-state index >= 15 is 0 Å². The molecule has 0 saturated heterocycles. The van der Waals surface area contributed by atoms with Gasteiger partial charge in [0.2, 0.25) is 0 Å². The summed E-state index contributed by atoms with van der Waals surface area (Å²) in [6, 6.07) is 0. The number of aromatic nitrogens is 3. The summed E-state index contributed by atoms with van der Waals surface area (Å²) in [5.41, 5.74) is 2.00. The van der Waals surface area contributed by atoms with Gasteiger partial charge in [-0.15, -0.1) is 0 Å². The van der Waals surface area contributed by atoms with Crippen LogP contribution in [0.15, 0.2) is 21.0 Å². The third kappa shape index (κ3) is 2.48. The van der Waals surface area contributed by atoms with Gasteiger partial charge in [-0.2, -0.15) is 0 Å². The molecule has 0 bridgehead atoms. The summed E-state index contributed by atoms with van der Waals surface area (Å²) in [6.07, 6.45) is 2.41. The predicted molar refractivity (Wildman–Crippen MR) is 71.1 cm³/mol. The molecule has 2 rings (SSSR count). The Bertz CT molecular complexity index is 534. The lowest BCUT2D eigenvalue weighted by atomic mass is 10.2. The second kappa shape index (κ2) is 5.39. The number of hydrogen-bond donors (Lipinski definition) is 1. The van der Waals surface area contributed by atoms with E-state index in [2.05, 4.69) is 27.2 Å². The zero-order valence-electron chi connectivity index (χ0n) is 10.9. The molecule has 0 aliphatic heterocycles. The lowest BCUT2D eigenvalue weighted by molar-refractivity contribution is 0.431. The molecule has 0 radical (unpaired) electrons. The minimum Gasteiger partial charge on any atom is -0.436 e. The third-order valence-corrected chi connectivity index (χ3v) is 3.58. The summed E-state index contributed by atoms with van der Waals surface area (Å²) in [6.45, 7) is 5.92. The van der Waals surface area contributed by atoms with Crippen LogP contribution in [0.4, 0.5) is 5.82 Å². The molecular weight excluding hydrogens is 248 g/mol. The standard InChI is InChI=1S/C12H16N4OS/c1-5-9-10(13-4)14-6-15-11(9)18-12-16-7(2)8(3)17-12/h6H,5H2,1-4H3,(H,13,14,15). The summed E-state index contributed by atoms with van der Waals surface area (Å²) in [4.78, 5) is 12.9. The fourth-order valence-corrected chi connectivity index (χ4v) is 2.57.